The molecule has 0 aromatic heterocycles. The van der Waals surface area contributed by atoms with E-state index in [9.17, 15) is 0 Å². The Labute approximate surface area is 280 Å². The van der Waals surface area contributed by atoms with Crippen LogP contribution in [0.3, 0.4) is 0 Å². The van der Waals surface area contributed by atoms with Crippen LogP contribution in [0.15, 0.2) is 158 Å². The van der Waals surface area contributed by atoms with E-state index in [4.69, 9.17) is 9.47 Å². The fourth-order valence-electron chi connectivity index (χ4n) is 7.66. The van der Waals surface area contributed by atoms with Crippen LogP contribution in [0, 0.1) is 0 Å². The first-order chi connectivity index (χ1) is 23.7. The molecule has 1 aliphatic carbocycles. The highest BCUT2D eigenvalue weighted by Gasteiger charge is 2.31. The number of ether oxygens (including phenoxy) is 2. The third-order valence-corrected chi connectivity index (χ3v) is 9.82. The minimum atomic E-state index is 0.838. The van der Waals surface area contributed by atoms with Crippen molar-refractivity contribution in [1.29, 1.82) is 0 Å². The van der Waals surface area contributed by atoms with Crippen LogP contribution in [0.5, 0.6) is 11.5 Å². The highest BCUT2D eigenvalue weighted by atomic mass is 16.5. The average Bonchev–Trinajstić information content (AvgIpc) is 3.49. The van der Waals surface area contributed by atoms with E-state index in [1.54, 1.807) is 14.2 Å². The number of benzene rings is 8. The van der Waals surface area contributed by atoms with Gasteiger partial charge >= 0.3 is 0 Å². The Morgan fingerprint density at radius 2 is 0.750 bits per heavy atom. The molecule has 0 saturated carbocycles. The molecule has 0 atom stereocenters. The lowest BCUT2D eigenvalue weighted by Gasteiger charge is -2.23. The van der Waals surface area contributed by atoms with Gasteiger partial charge < -0.3 is 9.47 Å². The predicted octanol–water partition coefficient (Wildman–Crippen LogP) is 12.3. The maximum absolute atomic E-state index is 5.55. The van der Waals surface area contributed by atoms with Crippen LogP contribution in [-0.4, -0.2) is 14.2 Å². The molecule has 0 heterocycles. The third-order valence-electron chi connectivity index (χ3n) is 9.82. The molecule has 48 heavy (non-hydrogen) atoms. The normalized spacial score (nSPS) is 11.5. The maximum Gasteiger partial charge on any atom is 0.118 e. The van der Waals surface area contributed by atoms with Crippen LogP contribution in [-0.2, 0) is 0 Å². The van der Waals surface area contributed by atoms with Gasteiger partial charge in [0.2, 0.25) is 0 Å². The smallest absolute Gasteiger partial charge is 0.118 e. The second-order valence-corrected chi connectivity index (χ2v) is 12.3. The van der Waals surface area contributed by atoms with Crippen LogP contribution in [0.2, 0.25) is 0 Å². The fraction of sp³-hybridized carbons (Fsp3) is 0.0435. The Hall–Kier alpha value is -6.12. The molecule has 0 spiro atoms. The van der Waals surface area contributed by atoms with E-state index in [0.29, 0.717) is 0 Å². The number of fused-ring (bicyclic) bond motifs is 4. The lowest BCUT2D eigenvalue weighted by molar-refractivity contribution is 0.414. The summed E-state index contributed by atoms with van der Waals surface area (Å²) in [6, 6.07) is 57.0. The highest BCUT2D eigenvalue weighted by molar-refractivity contribution is 6.28. The van der Waals surface area contributed by atoms with Gasteiger partial charge in [-0.1, -0.05) is 121 Å². The standard InChI is InChI=1S/C46H32O2/c1-47-34-23-19-29(20-24-34)38-27-40-41(28-39(38)30-21-25-35(48-2)26-22-30)44(33-13-7-4-8-14-33)46-37-18-10-16-31-15-9-17-36(42(31)37)45(46)43(40)32-11-5-3-6-12-32/h3-28H,1-2H3. The van der Waals surface area contributed by atoms with Crippen molar-refractivity contribution < 1.29 is 9.47 Å². The van der Waals surface area contributed by atoms with Crippen molar-refractivity contribution in [2.24, 2.45) is 0 Å². The zero-order valence-electron chi connectivity index (χ0n) is 26.8. The van der Waals surface area contributed by atoms with Crippen molar-refractivity contribution in [2.45, 2.75) is 0 Å². The number of hydrogen-bond donors (Lipinski definition) is 0. The Balaban J connectivity index is 1.50. The first-order valence-corrected chi connectivity index (χ1v) is 16.3. The van der Waals surface area contributed by atoms with Gasteiger partial charge in [-0.15, -0.1) is 0 Å². The minimum absolute atomic E-state index is 0.838. The van der Waals surface area contributed by atoms with Gasteiger partial charge in [-0.05, 0) is 125 Å². The van der Waals surface area contributed by atoms with Crippen LogP contribution in [0.4, 0.5) is 0 Å². The van der Waals surface area contributed by atoms with Gasteiger partial charge in [-0.2, -0.15) is 0 Å². The molecule has 0 radical (unpaired) electrons. The van der Waals surface area contributed by atoms with Crippen molar-refractivity contribution in [3.05, 3.63) is 158 Å². The molecular formula is C46H32O2. The third kappa shape index (κ3) is 4.34. The summed E-state index contributed by atoms with van der Waals surface area (Å²) >= 11 is 0. The molecule has 228 valence electrons. The molecule has 8 aromatic carbocycles. The summed E-state index contributed by atoms with van der Waals surface area (Å²) in [5.41, 5.74) is 14.7. The monoisotopic (exact) mass is 616 g/mol. The fourth-order valence-corrected chi connectivity index (χ4v) is 7.66. The van der Waals surface area contributed by atoms with Gasteiger partial charge in [0, 0.05) is 0 Å². The Morgan fingerprint density at radius 3 is 1.15 bits per heavy atom. The van der Waals surface area contributed by atoms with E-state index in [1.807, 2.05) is 24.3 Å². The molecule has 0 bridgehead atoms. The summed E-state index contributed by atoms with van der Waals surface area (Å²) in [6.45, 7) is 0. The number of methoxy groups -OCH3 is 2. The van der Waals surface area contributed by atoms with Crippen LogP contribution in [0.1, 0.15) is 0 Å². The van der Waals surface area contributed by atoms with Crippen molar-refractivity contribution in [3.63, 3.8) is 0 Å². The quantitative estimate of drug-likeness (QED) is 0.185. The molecule has 2 heteroatoms. The summed E-state index contributed by atoms with van der Waals surface area (Å²) in [4.78, 5) is 0. The summed E-state index contributed by atoms with van der Waals surface area (Å²) in [5, 5.41) is 5.05. The van der Waals surface area contributed by atoms with Gasteiger partial charge in [-0.3, -0.25) is 0 Å². The second kappa shape index (κ2) is 11.3. The van der Waals surface area contributed by atoms with Crippen molar-refractivity contribution in [3.8, 4) is 78.3 Å². The van der Waals surface area contributed by atoms with Gasteiger partial charge in [0.05, 0.1) is 14.2 Å². The van der Waals surface area contributed by atoms with Gasteiger partial charge in [0.1, 0.15) is 11.5 Å². The van der Waals surface area contributed by atoms with E-state index in [0.717, 1.165) is 22.6 Å². The molecule has 0 amide bonds. The van der Waals surface area contributed by atoms with Crippen LogP contribution in [0.25, 0.3) is 88.3 Å². The molecule has 8 aromatic rings. The van der Waals surface area contributed by atoms with E-state index in [-0.39, 0.29) is 0 Å². The summed E-state index contributed by atoms with van der Waals surface area (Å²) < 4.78 is 11.1. The van der Waals surface area contributed by atoms with Crippen LogP contribution < -0.4 is 9.47 Å². The Bertz CT molecular complexity index is 2310. The summed E-state index contributed by atoms with van der Waals surface area (Å²) in [6.07, 6.45) is 0. The molecule has 0 fully saturated rings. The van der Waals surface area contributed by atoms with Gasteiger partial charge in [0.25, 0.3) is 0 Å². The molecule has 0 unspecified atom stereocenters. The minimum Gasteiger partial charge on any atom is -0.497 e. The topological polar surface area (TPSA) is 18.5 Å². The van der Waals surface area contributed by atoms with Crippen molar-refractivity contribution in [1.82, 2.24) is 0 Å². The number of hydrogen-bond acceptors (Lipinski definition) is 2. The summed E-state index contributed by atoms with van der Waals surface area (Å²) in [7, 11) is 3.42. The number of rotatable bonds is 6. The van der Waals surface area contributed by atoms with E-state index in [2.05, 4.69) is 133 Å². The summed E-state index contributed by atoms with van der Waals surface area (Å²) in [5.74, 6) is 1.68. The van der Waals surface area contributed by atoms with Crippen LogP contribution >= 0.6 is 0 Å². The van der Waals surface area contributed by atoms with E-state index in [1.165, 1.54) is 77.2 Å². The van der Waals surface area contributed by atoms with Gasteiger partial charge in [0.15, 0.2) is 0 Å². The first kappa shape index (κ1) is 28.1. The largest absolute Gasteiger partial charge is 0.497 e. The molecule has 1 aliphatic rings. The average molecular weight is 617 g/mol. The molecule has 0 saturated heterocycles. The van der Waals surface area contributed by atoms with Crippen molar-refractivity contribution >= 4 is 21.5 Å². The molecular weight excluding hydrogens is 585 g/mol. The lowest BCUT2D eigenvalue weighted by atomic mass is 9.80. The lowest BCUT2D eigenvalue weighted by Crippen LogP contribution is -1.96. The molecule has 9 rings (SSSR count). The molecule has 2 nitrogen and oxygen atoms in total. The molecule has 0 aliphatic heterocycles. The first-order valence-electron chi connectivity index (χ1n) is 16.3. The Kier molecular flexibility index (Phi) is 6.62. The zero-order valence-corrected chi connectivity index (χ0v) is 26.8. The maximum atomic E-state index is 5.55. The SMILES string of the molecule is COc1ccc(-c2cc3c(-c4ccccc4)c4c(c(-c5ccccc5)c3cc2-c2ccc(OC)cc2)-c2cccc3cccc-4c23)cc1. The molecule has 0 N–H and O–H groups in total. The Morgan fingerprint density at radius 1 is 0.333 bits per heavy atom. The van der Waals surface area contributed by atoms with Crippen molar-refractivity contribution in [2.75, 3.05) is 14.2 Å². The van der Waals surface area contributed by atoms with Gasteiger partial charge in [-0.25, -0.2) is 0 Å². The van der Waals surface area contributed by atoms with E-state index >= 15 is 0 Å². The zero-order chi connectivity index (χ0) is 32.2. The van der Waals surface area contributed by atoms with E-state index < -0.39 is 0 Å². The second-order valence-electron chi connectivity index (χ2n) is 12.3. The highest BCUT2D eigenvalue weighted by Crippen LogP contribution is 2.58. The predicted molar refractivity (Wildman–Crippen MR) is 201 cm³/mol.